The van der Waals surface area contributed by atoms with E-state index >= 15 is 0 Å². The van der Waals surface area contributed by atoms with Crippen LogP contribution in [-0.2, 0) is 11.0 Å². The molecule has 23 heavy (non-hydrogen) atoms. The van der Waals surface area contributed by atoms with Crippen molar-refractivity contribution in [3.05, 3.63) is 52.6 Å². The number of benzene rings is 1. The predicted molar refractivity (Wildman–Crippen MR) is 82.0 cm³/mol. The van der Waals surface area contributed by atoms with E-state index in [0.29, 0.717) is 17.6 Å². The first-order valence-corrected chi connectivity index (χ1v) is 7.00. The van der Waals surface area contributed by atoms with E-state index < -0.39 is 23.2 Å². The molecule has 0 saturated heterocycles. The topological polar surface area (TPSA) is 66.9 Å². The third-order valence-corrected chi connectivity index (χ3v) is 3.24. The zero-order chi connectivity index (χ0) is 17.6. The number of amides is 1. The standard InChI is InChI=1S/C17H17F3N2O/c1-3-6-12(11(4-2)9-16(22)23)13-7-5-8-15(14(13)10-21)17(18,19)20/h4-8H,3,9H2,1-2H3,(H2,22,23)/b11-4-,12-6+. The van der Waals surface area contributed by atoms with Crippen LogP contribution in [0.5, 0.6) is 0 Å². The van der Waals surface area contributed by atoms with E-state index in [1.165, 1.54) is 12.1 Å². The summed E-state index contributed by atoms with van der Waals surface area (Å²) >= 11 is 0. The van der Waals surface area contributed by atoms with Gasteiger partial charge in [-0.15, -0.1) is 0 Å². The van der Waals surface area contributed by atoms with Crippen molar-refractivity contribution in [2.24, 2.45) is 5.73 Å². The molecule has 0 radical (unpaired) electrons. The van der Waals surface area contributed by atoms with Gasteiger partial charge in [0.2, 0.25) is 5.91 Å². The Kier molecular flexibility index (Phi) is 6.14. The van der Waals surface area contributed by atoms with Crippen molar-refractivity contribution in [2.45, 2.75) is 32.9 Å². The van der Waals surface area contributed by atoms with E-state index in [4.69, 9.17) is 5.73 Å². The molecule has 0 bridgehead atoms. The average molecular weight is 322 g/mol. The van der Waals surface area contributed by atoms with E-state index in [-0.39, 0.29) is 12.0 Å². The zero-order valence-corrected chi connectivity index (χ0v) is 12.9. The lowest BCUT2D eigenvalue weighted by molar-refractivity contribution is -0.137. The summed E-state index contributed by atoms with van der Waals surface area (Å²) < 4.78 is 39.3. The number of allylic oxidation sites excluding steroid dienone is 3. The Balaban J connectivity index is 3.61. The van der Waals surface area contributed by atoms with Crippen LogP contribution < -0.4 is 5.73 Å². The zero-order valence-electron chi connectivity index (χ0n) is 12.9. The molecule has 0 aliphatic heterocycles. The summed E-state index contributed by atoms with van der Waals surface area (Å²) in [5, 5.41) is 9.23. The molecule has 0 fully saturated rings. The van der Waals surface area contributed by atoms with Gasteiger partial charge in [0.1, 0.15) is 6.07 Å². The third-order valence-electron chi connectivity index (χ3n) is 3.24. The van der Waals surface area contributed by atoms with Crippen LogP contribution in [0.1, 0.15) is 43.4 Å². The maximum absolute atomic E-state index is 13.1. The molecule has 0 aromatic heterocycles. The van der Waals surface area contributed by atoms with E-state index in [1.807, 2.05) is 6.92 Å². The minimum atomic E-state index is -4.63. The van der Waals surface area contributed by atoms with Gasteiger partial charge in [-0.25, -0.2) is 0 Å². The number of halogens is 3. The normalized spacial score (nSPS) is 12.9. The monoisotopic (exact) mass is 322 g/mol. The number of nitriles is 1. The average Bonchev–Trinajstić information content (AvgIpc) is 2.48. The molecule has 0 aliphatic carbocycles. The summed E-state index contributed by atoms with van der Waals surface area (Å²) in [5.74, 6) is -0.592. The fourth-order valence-electron chi connectivity index (χ4n) is 2.29. The van der Waals surface area contributed by atoms with Crippen LogP contribution in [0.3, 0.4) is 0 Å². The lowest BCUT2D eigenvalue weighted by Crippen LogP contribution is -2.13. The first kappa shape index (κ1) is 18.5. The van der Waals surface area contributed by atoms with Gasteiger partial charge in [-0.2, -0.15) is 18.4 Å². The molecule has 2 N–H and O–H groups in total. The van der Waals surface area contributed by atoms with Gasteiger partial charge in [0.15, 0.2) is 0 Å². The second kappa shape index (κ2) is 7.63. The van der Waals surface area contributed by atoms with Crippen LogP contribution in [0, 0.1) is 11.3 Å². The number of carbonyl (C=O) groups excluding carboxylic acids is 1. The molecule has 0 spiro atoms. The highest BCUT2D eigenvalue weighted by molar-refractivity contribution is 5.89. The molecule has 122 valence electrons. The molecule has 3 nitrogen and oxygen atoms in total. The lowest BCUT2D eigenvalue weighted by atomic mass is 9.89. The highest BCUT2D eigenvalue weighted by Crippen LogP contribution is 2.37. The van der Waals surface area contributed by atoms with Crippen LogP contribution in [0.25, 0.3) is 5.57 Å². The first-order chi connectivity index (χ1) is 10.8. The second-order valence-electron chi connectivity index (χ2n) is 4.82. The number of carbonyl (C=O) groups is 1. The molecule has 0 aliphatic rings. The van der Waals surface area contributed by atoms with Crippen molar-refractivity contribution in [2.75, 3.05) is 0 Å². The fourth-order valence-corrected chi connectivity index (χ4v) is 2.29. The Hall–Kier alpha value is -2.55. The maximum atomic E-state index is 13.1. The molecule has 1 amide bonds. The number of alkyl halides is 3. The second-order valence-corrected chi connectivity index (χ2v) is 4.82. The Morgan fingerprint density at radius 3 is 2.48 bits per heavy atom. The summed E-state index contributed by atoms with van der Waals surface area (Å²) in [4.78, 5) is 11.2. The number of primary amides is 1. The Bertz CT molecular complexity index is 695. The third kappa shape index (κ3) is 4.46. The van der Waals surface area contributed by atoms with Gasteiger partial charge in [0.25, 0.3) is 0 Å². The molecule has 0 atom stereocenters. The van der Waals surface area contributed by atoms with E-state index in [2.05, 4.69) is 0 Å². The molecule has 1 aromatic rings. The summed E-state index contributed by atoms with van der Waals surface area (Å²) in [5.41, 5.74) is 4.83. The molecular weight excluding hydrogens is 305 g/mol. The van der Waals surface area contributed by atoms with E-state index in [9.17, 15) is 23.2 Å². The van der Waals surface area contributed by atoms with Crippen LogP contribution in [0.4, 0.5) is 13.2 Å². The minimum Gasteiger partial charge on any atom is -0.369 e. The van der Waals surface area contributed by atoms with Gasteiger partial charge >= 0.3 is 6.18 Å². The summed E-state index contributed by atoms with van der Waals surface area (Å²) in [6, 6.07) is 5.20. The fraction of sp³-hybridized carbons (Fsp3) is 0.294. The van der Waals surface area contributed by atoms with Crippen LogP contribution in [0.15, 0.2) is 35.9 Å². The molecule has 0 saturated carbocycles. The largest absolute Gasteiger partial charge is 0.417 e. The quantitative estimate of drug-likeness (QED) is 0.826. The van der Waals surface area contributed by atoms with Gasteiger partial charge in [0.05, 0.1) is 17.5 Å². The number of nitrogens with two attached hydrogens (primary N) is 1. The summed E-state index contributed by atoms with van der Waals surface area (Å²) in [6.07, 6.45) is -0.892. The van der Waals surface area contributed by atoms with Gasteiger partial charge in [-0.3, -0.25) is 4.79 Å². The SMILES string of the molecule is C/C=C(CC(N)=O)\C(=C/CC)c1cccc(C(F)(F)F)c1C#N. The van der Waals surface area contributed by atoms with Crippen molar-refractivity contribution in [3.8, 4) is 6.07 Å². The number of hydrogen-bond acceptors (Lipinski definition) is 2. The molecule has 1 rings (SSSR count). The van der Waals surface area contributed by atoms with Crippen LogP contribution in [-0.4, -0.2) is 5.91 Å². The van der Waals surface area contributed by atoms with Crippen molar-refractivity contribution in [3.63, 3.8) is 0 Å². The van der Waals surface area contributed by atoms with Crippen molar-refractivity contribution in [1.29, 1.82) is 5.26 Å². The van der Waals surface area contributed by atoms with Gasteiger partial charge < -0.3 is 5.73 Å². The van der Waals surface area contributed by atoms with E-state index in [1.54, 1.807) is 25.1 Å². The van der Waals surface area contributed by atoms with Gasteiger partial charge in [-0.05, 0) is 30.6 Å². The highest BCUT2D eigenvalue weighted by Gasteiger charge is 2.34. The summed E-state index contributed by atoms with van der Waals surface area (Å²) in [7, 11) is 0. The number of hydrogen-bond donors (Lipinski definition) is 1. The first-order valence-electron chi connectivity index (χ1n) is 7.00. The van der Waals surface area contributed by atoms with Crippen molar-refractivity contribution < 1.29 is 18.0 Å². The number of rotatable bonds is 5. The molecular formula is C17H17F3N2O. The predicted octanol–water partition coefficient (Wildman–Crippen LogP) is 4.19. The molecule has 0 unspecified atom stereocenters. The molecule has 0 heterocycles. The maximum Gasteiger partial charge on any atom is 0.417 e. The lowest BCUT2D eigenvalue weighted by Gasteiger charge is -2.16. The van der Waals surface area contributed by atoms with Crippen molar-refractivity contribution in [1.82, 2.24) is 0 Å². The summed E-state index contributed by atoms with van der Waals surface area (Å²) in [6.45, 7) is 3.48. The van der Waals surface area contributed by atoms with Crippen LogP contribution >= 0.6 is 0 Å². The Morgan fingerprint density at radius 1 is 1.39 bits per heavy atom. The van der Waals surface area contributed by atoms with Crippen molar-refractivity contribution >= 4 is 11.5 Å². The highest BCUT2D eigenvalue weighted by atomic mass is 19.4. The molecule has 1 aromatic carbocycles. The molecule has 6 heteroatoms. The van der Waals surface area contributed by atoms with Gasteiger partial charge in [-0.1, -0.05) is 31.2 Å². The smallest absolute Gasteiger partial charge is 0.369 e. The Labute approximate surface area is 132 Å². The van der Waals surface area contributed by atoms with Crippen LogP contribution in [0.2, 0.25) is 0 Å². The number of nitrogens with zero attached hydrogens (tertiary/aromatic N) is 1. The van der Waals surface area contributed by atoms with E-state index in [0.717, 1.165) is 6.07 Å². The minimum absolute atomic E-state index is 0.108. The van der Waals surface area contributed by atoms with Gasteiger partial charge in [0, 0.05) is 5.56 Å². The Morgan fingerprint density at radius 2 is 2.04 bits per heavy atom.